The first-order chi connectivity index (χ1) is 10.7. The molecule has 0 unspecified atom stereocenters. The number of halogens is 1. The van der Waals surface area contributed by atoms with E-state index < -0.39 is 0 Å². The van der Waals surface area contributed by atoms with Gasteiger partial charge in [-0.2, -0.15) is 0 Å². The second kappa shape index (κ2) is 7.78. The maximum Gasteiger partial charge on any atom is 0.0674 e. The Morgan fingerprint density at radius 1 is 1.23 bits per heavy atom. The normalized spacial score (nSPS) is 27.9. The Morgan fingerprint density at radius 3 is 2.68 bits per heavy atom. The Morgan fingerprint density at radius 2 is 1.95 bits per heavy atom. The summed E-state index contributed by atoms with van der Waals surface area (Å²) in [4.78, 5) is 2.73. The third-order valence-corrected chi connectivity index (χ3v) is 5.22. The van der Waals surface area contributed by atoms with Crippen LogP contribution in [0, 0.1) is 0 Å². The van der Waals surface area contributed by atoms with Gasteiger partial charge in [-0.25, -0.2) is 0 Å². The number of morpholine rings is 1. The molecule has 2 heterocycles. The van der Waals surface area contributed by atoms with Crippen molar-refractivity contribution in [3.8, 4) is 0 Å². The van der Waals surface area contributed by atoms with Gasteiger partial charge in [-0.05, 0) is 63.4 Å². The number of piperidine rings is 1. The van der Waals surface area contributed by atoms with Gasteiger partial charge in [0.05, 0.1) is 12.7 Å². The molecule has 0 saturated carbocycles. The highest BCUT2D eigenvalue weighted by molar-refractivity contribution is 6.30. The quantitative estimate of drug-likeness (QED) is 0.922. The van der Waals surface area contributed by atoms with E-state index in [1.165, 1.54) is 18.4 Å². The Hall–Kier alpha value is -0.610. The predicted molar refractivity (Wildman–Crippen MR) is 91.6 cm³/mol. The molecule has 0 aromatic heterocycles. The Bertz CT molecular complexity index is 459. The molecule has 1 aromatic rings. The topological polar surface area (TPSA) is 24.5 Å². The van der Waals surface area contributed by atoms with Gasteiger partial charge in [0.25, 0.3) is 0 Å². The van der Waals surface area contributed by atoms with E-state index in [-0.39, 0.29) is 0 Å². The molecule has 2 aliphatic heterocycles. The predicted octanol–water partition coefficient (Wildman–Crippen LogP) is 3.11. The Kier molecular flexibility index (Phi) is 5.75. The van der Waals surface area contributed by atoms with Crippen LogP contribution in [-0.2, 0) is 11.2 Å². The molecule has 0 amide bonds. The van der Waals surface area contributed by atoms with Crippen molar-refractivity contribution in [1.82, 2.24) is 10.2 Å². The van der Waals surface area contributed by atoms with E-state index in [2.05, 4.69) is 29.3 Å². The number of hydrogen-bond acceptors (Lipinski definition) is 3. The second-order valence-electron chi connectivity index (χ2n) is 6.64. The number of nitrogens with one attached hydrogen (secondary N) is 1. The summed E-state index contributed by atoms with van der Waals surface area (Å²) in [5, 5.41) is 4.29. The molecule has 122 valence electrons. The third-order valence-electron chi connectivity index (χ3n) is 4.97. The summed E-state index contributed by atoms with van der Waals surface area (Å²) < 4.78 is 5.94. The van der Waals surface area contributed by atoms with Crippen molar-refractivity contribution in [1.29, 1.82) is 0 Å². The van der Waals surface area contributed by atoms with Crippen molar-refractivity contribution in [2.24, 2.45) is 0 Å². The first-order valence-corrected chi connectivity index (χ1v) is 8.92. The lowest BCUT2D eigenvalue weighted by Crippen LogP contribution is -2.55. The molecular weight excluding hydrogens is 296 g/mol. The van der Waals surface area contributed by atoms with Crippen LogP contribution in [0.3, 0.4) is 0 Å². The highest BCUT2D eigenvalue weighted by Gasteiger charge is 2.32. The molecule has 2 saturated heterocycles. The van der Waals surface area contributed by atoms with Crippen LogP contribution in [0.2, 0.25) is 5.02 Å². The Labute approximate surface area is 139 Å². The van der Waals surface area contributed by atoms with Crippen LogP contribution >= 0.6 is 11.6 Å². The van der Waals surface area contributed by atoms with E-state index in [0.717, 1.165) is 50.1 Å². The molecule has 1 N–H and O–H groups in total. The van der Waals surface area contributed by atoms with Gasteiger partial charge < -0.3 is 10.1 Å². The molecule has 3 nitrogen and oxygen atoms in total. The Balaban J connectivity index is 1.60. The number of benzene rings is 1. The lowest BCUT2D eigenvalue weighted by atomic mass is 9.97. The van der Waals surface area contributed by atoms with Crippen LogP contribution in [0.1, 0.15) is 31.7 Å². The minimum atomic E-state index is 0.363. The van der Waals surface area contributed by atoms with Crippen LogP contribution in [0.5, 0.6) is 0 Å². The first-order valence-electron chi connectivity index (χ1n) is 8.55. The zero-order valence-corrected chi connectivity index (χ0v) is 14.2. The van der Waals surface area contributed by atoms with Gasteiger partial charge in [0.1, 0.15) is 0 Å². The van der Waals surface area contributed by atoms with Crippen molar-refractivity contribution in [2.45, 2.75) is 50.8 Å². The minimum Gasteiger partial charge on any atom is -0.376 e. The average Bonchev–Trinajstić information content (AvgIpc) is 2.56. The summed E-state index contributed by atoms with van der Waals surface area (Å²) in [6.45, 7) is 6.46. The van der Waals surface area contributed by atoms with Gasteiger partial charge in [-0.3, -0.25) is 4.90 Å². The molecule has 0 bridgehead atoms. The van der Waals surface area contributed by atoms with Crippen LogP contribution < -0.4 is 5.32 Å². The molecule has 1 aromatic carbocycles. The number of aryl methyl sites for hydroxylation is 1. The number of ether oxygens (including phenoxy) is 1. The molecular formula is C18H27ClN2O. The summed E-state index contributed by atoms with van der Waals surface area (Å²) in [5.41, 5.74) is 1.37. The van der Waals surface area contributed by atoms with Crippen molar-refractivity contribution < 1.29 is 4.74 Å². The average molecular weight is 323 g/mol. The minimum absolute atomic E-state index is 0.363. The number of nitrogens with zero attached hydrogens (tertiary/aromatic N) is 1. The van der Waals surface area contributed by atoms with Gasteiger partial charge in [0.15, 0.2) is 0 Å². The summed E-state index contributed by atoms with van der Waals surface area (Å²) >= 11 is 5.97. The number of hydrogen-bond donors (Lipinski definition) is 1. The van der Waals surface area contributed by atoms with Crippen molar-refractivity contribution in [2.75, 3.05) is 26.2 Å². The zero-order chi connectivity index (χ0) is 15.4. The van der Waals surface area contributed by atoms with Gasteiger partial charge in [0, 0.05) is 23.7 Å². The summed E-state index contributed by atoms with van der Waals surface area (Å²) in [6.07, 6.45) is 5.16. The molecule has 22 heavy (non-hydrogen) atoms. The fraction of sp³-hybridized carbons (Fsp3) is 0.667. The third kappa shape index (κ3) is 4.23. The smallest absolute Gasteiger partial charge is 0.0674 e. The van der Waals surface area contributed by atoms with Gasteiger partial charge in [0.2, 0.25) is 0 Å². The SMILES string of the molecule is C[C@H]1CN(C2CCNCC2)[C@@H](CCc2ccc(Cl)cc2)CO1. The van der Waals surface area contributed by atoms with E-state index in [0.29, 0.717) is 12.1 Å². The highest BCUT2D eigenvalue weighted by atomic mass is 35.5. The van der Waals surface area contributed by atoms with Gasteiger partial charge >= 0.3 is 0 Å². The van der Waals surface area contributed by atoms with E-state index in [1.54, 1.807) is 0 Å². The molecule has 4 heteroatoms. The van der Waals surface area contributed by atoms with Crippen molar-refractivity contribution in [3.05, 3.63) is 34.9 Å². The van der Waals surface area contributed by atoms with Gasteiger partial charge in [-0.1, -0.05) is 23.7 Å². The standard InChI is InChI=1S/C18H27ClN2O/c1-14-12-21(17-8-10-20-11-9-17)18(13-22-14)7-4-15-2-5-16(19)6-3-15/h2-3,5-6,14,17-18,20H,4,7-13H2,1H3/t14-,18-/m0/s1. The maximum absolute atomic E-state index is 5.97. The molecule has 2 fully saturated rings. The fourth-order valence-electron chi connectivity index (χ4n) is 3.69. The van der Waals surface area contributed by atoms with Crippen LogP contribution in [-0.4, -0.2) is 49.3 Å². The lowest BCUT2D eigenvalue weighted by molar-refractivity contribution is -0.0775. The highest BCUT2D eigenvalue weighted by Crippen LogP contribution is 2.23. The maximum atomic E-state index is 5.97. The summed E-state index contributed by atoms with van der Waals surface area (Å²) in [7, 11) is 0. The number of rotatable bonds is 4. The zero-order valence-electron chi connectivity index (χ0n) is 13.4. The van der Waals surface area contributed by atoms with Crippen molar-refractivity contribution in [3.63, 3.8) is 0 Å². The van der Waals surface area contributed by atoms with E-state index in [1.807, 2.05) is 12.1 Å². The molecule has 0 aliphatic carbocycles. The van der Waals surface area contributed by atoms with E-state index >= 15 is 0 Å². The summed E-state index contributed by atoms with van der Waals surface area (Å²) in [6, 6.07) is 9.53. The fourth-order valence-corrected chi connectivity index (χ4v) is 3.81. The van der Waals surface area contributed by atoms with Crippen molar-refractivity contribution >= 4 is 11.6 Å². The molecule has 0 radical (unpaired) electrons. The van der Waals surface area contributed by atoms with Crippen LogP contribution in [0.4, 0.5) is 0 Å². The van der Waals surface area contributed by atoms with Crippen LogP contribution in [0.15, 0.2) is 24.3 Å². The second-order valence-corrected chi connectivity index (χ2v) is 7.08. The van der Waals surface area contributed by atoms with Gasteiger partial charge in [-0.15, -0.1) is 0 Å². The first kappa shape index (κ1) is 16.3. The molecule has 2 aliphatic rings. The van der Waals surface area contributed by atoms with Crippen LogP contribution in [0.25, 0.3) is 0 Å². The molecule has 3 rings (SSSR count). The van der Waals surface area contributed by atoms with E-state index in [4.69, 9.17) is 16.3 Å². The largest absolute Gasteiger partial charge is 0.376 e. The molecule has 0 spiro atoms. The molecule has 2 atom stereocenters. The lowest BCUT2D eigenvalue weighted by Gasteiger charge is -2.45. The monoisotopic (exact) mass is 322 g/mol. The summed E-state index contributed by atoms with van der Waals surface area (Å²) in [5.74, 6) is 0. The van der Waals surface area contributed by atoms with E-state index in [9.17, 15) is 0 Å².